The SMILES string of the molecule is O=C(Cc1ccco1)N1CCC[C@H](c2nc3ccc(-c4cccnc4)cn3n2)C1. The quantitative estimate of drug-likeness (QED) is 0.537. The van der Waals surface area contributed by atoms with Gasteiger partial charge in [-0.15, -0.1) is 0 Å². The van der Waals surface area contributed by atoms with Gasteiger partial charge in [0.1, 0.15) is 5.76 Å². The predicted molar refractivity (Wildman–Crippen MR) is 107 cm³/mol. The van der Waals surface area contributed by atoms with E-state index in [1.165, 1.54) is 0 Å². The number of furan rings is 1. The van der Waals surface area contributed by atoms with Crippen LogP contribution in [0.3, 0.4) is 0 Å². The van der Waals surface area contributed by atoms with E-state index in [0.29, 0.717) is 18.7 Å². The number of nitrogens with zero attached hydrogens (tertiary/aromatic N) is 5. The summed E-state index contributed by atoms with van der Waals surface area (Å²) in [4.78, 5) is 23.4. The number of carbonyl (C=O) groups excluding carboxylic acids is 1. The molecule has 1 amide bonds. The molecule has 146 valence electrons. The number of hydrogen-bond acceptors (Lipinski definition) is 5. The van der Waals surface area contributed by atoms with Gasteiger partial charge in [-0.3, -0.25) is 9.78 Å². The molecule has 4 aromatic rings. The van der Waals surface area contributed by atoms with Gasteiger partial charge in [0.25, 0.3) is 0 Å². The zero-order valence-corrected chi connectivity index (χ0v) is 15.9. The van der Waals surface area contributed by atoms with Crippen LogP contribution in [0.2, 0.25) is 0 Å². The second-order valence-corrected chi connectivity index (χ2v) is 7.37. The molecule has 1 fully saturated rings. The Morgan fingerprint density at radius 2 is 2.14 bits per heavy atom. The first-order valence-corrected chi connectivity index (χ1v) is 9.83. The van der Waals surface area contributed by atoms with Gasteiger partial charge in [0.05, 0.1) is 12.7 Å². The summed E-state index contributed by atoms with van der Waals surface area (Å²) in [6.45, 7) is 1.42. The van der Waals surface area contributed by atoms with Crippen molar-refractivity contribution in [1.29, 1.82) is 0 Å². The molecular weight excluding hydrogens is 366 g/mol. The van der Waals surface area contributed by atoms with E-state index >= 15 is 0 Å². The summed E-state index contributed by atoms with van der Waals surface area (Å²) in [5.74, 6) is 1.73. The van der Waals surface area contributed by atoms with Gasteiger partial charge in [0, 0.05) is 48.7 Å². The lowest BCUT2D eigenvalue weighted by molar-refractivity contribution is -0.132. The van der Waals surface area contributed by atoms with Gasteiger partial charge in [0.2, 0.25) is 5.91 Å². The lowest BCUT2D eigenvalue weighted by Gasteiger charge is -2.31. The Bertz CT molecular complexity index is 1120. The van der Waals surface area contributed by atoms with Crippen molar-refractivity contribution in [3.8, 4) is 11.1 Å². The topological polar surface area (TPSA) is 76.5 Å². The minimum absolute atomic E-state index is 0.0901. The Morgan fingerprint density at radius 1 is 1.17 bits per heavy atom. The third kappa shape index (κ3) is 3.63. The number of rotatable bonds is 4. The van der Waals surface area contributed by atoms with Gasteiger partial charge in [-0.2, -0.15) is 5.10 Å². The Kier molecular flexibility index (Phi) is 4.56. The molecule has 0 spiro atoms. The first kappa shape index (κ1) is 17.6. The molecule has 7 heteroatoms. The van der Waals surface area contributed by atoms with E-state index < -0.39 is 0 Å². The average molecular weight is 387 g/mol. The maximum atomic E-state index is 12.6. The Morgan fingerprint density at radius 3 is 2.97 bits per heavy atom. The monoisotopic (exact) mass is 387 g/mol. The number of fused-ring (bicyclic) bond motifs is 1. The molecule has 29 heavy (non-hydrogen) atoms. The van der Waals surface area contributed by atoms with Gasteiger partial charge >= 0.3 is 0 Å². The molecule has 0 radical (unpaired) electrons. The second-order valence-electron chi connectivity index (χ2n) is 7.37. The van der Waals surface area contributed by atoms with E-state index in [1.807, 2.05) is 58.2 Å². The van der Waals surface area contributed by atoms with E-state index in [-0.39, 0.29) is 11.8 Å². The predicted octanol–water partition coefficient (Wildman–Crippen LogP) is 3.33. The fourth-order valence-corrected chi connectivity index (χ4v) is 3.87. The van der Waals surface area contributed by atoms with Crippen molar-refractivity contribution in [2.45, 2.75) is 25.2 Å². The molecule has 0 saturated carbocycles. The summed E-state index contributed by atoms with van der Waals surface area (Å²) in [5.41, 5.74) is 2.89. The molecule has 0 bridgehead atoms. The van der Waals surface area contributed by atoms with Crippen molar-refractivity contribution in [2.75, 3.05) is 13.1 Å². The van der Waals surface area contributed by atoms with Crippen LogP contribution < -0.4 is 0 Å². The van der Waals surface area contributed by atoms with Crippen LogP contribution in [0.1, 0.15) is 30.3 Å². The number of likely N-dealkylation sites (tertiary alicyclic amines) is 1. The van der Waals surface area contributed by atoms with Crippen molar-refractivity contribution in [1.82, 2.24) is 24.5 Å². The molecule has 7 nitrogen and oxygen atoms in total. The fraction of sp³-hybridized carbons (Fsp3) is 0.273. The van der Waals surface area contributed by atoms with E-state index in [4.69, 9.17) is 14.5 Å². The first-order chi connectivity index (χ1) is 14.3. The molecule has 5 rings (SSSR count). The highest BCUT2D eigenvalue weighted by Crippen LogP contribution is 2.26. The number of amides is 1. The zero-order chi connectivity index (χ0) is 19.6. The van der Waals surface area contributed by atoms with Crippen LogP contribution in [0.4, 0.5) is 0 Å². The van der Waals surface area contributed by atoms with Crippen LogP contribution in [-0.2, 0) is 11.2 Å². The van der Waals surface area contributed by atoms with E-state index in [0.717, 1.165) is 42.0 Å². The molecule has 0 N–H and O–H groups in total. The van der Waals surface area contributed by atoms with Crippen LogP contribution in [-0.4, -0.2) is 43.5 Å². The Hall–Kier alpha value is -3.48. The number of carbonyl (C=O) groups is 1. The van der Waals surface area contributed by atoms with Gasteiger partial charge in [0.15, 0.2) is 11.5 Å². The average Bonchev–Trinajstić information content (AvgIpc) is 3.43. The highest BCUT2D eigenvalue weighted by molar-refractivity contribution is 5.78. The van der Waals surface area contributed by atoms with Crippen molar-refractivity contribution >= 4 is 11.6 Å². The smallest absolute Gasteiger partial charge is 0.230 e. The van der Waals surface area contributed by atoms with E-state index in [2.05, 4.69) is 4.98 Å². The molecule has 0 unspecified atom stereocenters. The molecule has 0 aliphatic carbocycles. The first-order valence-electron chi connectivity index (χ1n) is 9.83. The Balaban J connectivity index is 1.35. The van der Waals surface area contributed by atoms with Crippen molar-refractivity contribution in [2.24, 2.45) is 0 Å². The number of piperidine rings is 1. The van der Waals surface area contributed by atoms with Crippen LogP contribution in [0.15, 0.2) is 65.7 Å². The molecular formula is C22H21N5O2. The zero-order valence-electron chi connectivity index (χ0n) is 15.9. The van der Waals surface area contributed by atoms with Gasteiger partial charge in [-0.1, -0.05) is 6.07 Å². The standard InChI is InChI=1S/C22H21N5O2/c28-21(12-19-6-3-11-29-19)26-10-2-5-18(14-26)22-24-20-8-7-17(15-27(20)25-22)16-4-1-9-23-13-16/h1,3-4,6-9,11,13,15,18H,2,5,10,12,14H2/t18-/m0/s1. The largest absolute Gasteiger partial charge is 0.469 e. The van der Waals surface area contributed by atoms with E-state index in [9.17, 15) is 4.79 Å². The summed E-state index contributed by atoms with van der Waals surface area (Å²) in [6.07, 6.45) is 9.41. The second kappa shape index (κ2) is 7.50. The third-order valence-electron chi connectivity index (χ3n) is 5.39. The molecule has 5 heterocycles. The van der Waals surface area contributed by atoms with Crippen LogP contribution in [0.25, 0.3) is 16.8 Å². The van der Waals surface area contributed by atoms with E-state index in [1.54, 1.807) is 12.5 Å². The highest BCUT2D eigenvalue weighted by atomic mass is 16.3. The van der Waals surface area contributed by atoms with Crippen LogP contribution >= 0.6 is 0 Å². The number of pyridine rings is 2. The lowest BCUT2D eigenvalue weighted by atomic mass is 9.97. The summed E-state index contributed by atoms with van der Waals surface area (Å²) in [7, 11) is 0. The maximum Gasteiger partial charge on any atom is 0.230 e. The Labute approximate surface area is 168 Å². The normalized spacial score (nSPS) is 17.0. The lowest BCUT2D eigenvalue weighted by Crippen LogP contribution is -2.40. The van der Waals surface area contributed by atoms with Crippen LogP contribution in [0.5, 0.6) is 0 Å². The highest BCUT2D eigenvalue weighted by Gasteiger charge is 2.27. The molecule has 1 saturated heterocycles. The fourth-order valence-electron chi connectivity index (χ4n) is 3.87. The third-order valence-corrected chi connectivity index (χ3v) is 5.39. The van der Waals surface area contributed by atoms with Crippen molar-refractivity contribution in [3.63, 3.8) is 0 Å². The molecule has 4 aromatic heterocycles. The van der Waals surface area contributed by atoms with Crippen molar-refractivity contribution < 1.29 is 9.21 Å². The summed E-state index contributed by atoms with van der Waals surface area (Å²) < 4.78 is 7.13. The van der Waals surface area contributed by atoms with Crippen molar-refractivity contribution in [3.05, 3.63) is 72.8 Å². The molecule has 1 aliphatic heterocycles. The minimum atomic E-state index is 0.0901. The molecule has 1 aliphatic rings. The summed E-state index contributed by atoms with van der Waals surface area (Å²) in [5, 5.41) is 4.72. The summed E-state index contributed by atoms with van der Waals surface area (Å²) >= 11 is 0. The number of aromatic nitrogens is 4. The van der Waals surface area contributed by atoms with Crippen LogP contribution in [0, 0.1) is 0 Å². The maximum absolute atomic E-state index is 12.6. The van der Waals surface area contributed by atoms with Gasteiger partial charge < -0.3 is 9.32 Å². The van der Waals surface area contributed by atoms with Gasteiger partial charge in [-0.05, 0) is 43.2 Å². The molecule has 0 aromatic carbocycles. The minimum Gasteiger partial charge on any atom is -0.469 e. The summed E-state index contributed by atoms with van der Waals surface area (Å²) in [6, 6.07) is 11.6. The number of hydrogen-bond donors (Lipinski definition) is 0. The molecule has 1 atom stereocenters. The van der Waals surface area contributed by atoms with Gasteiger partial charge in [-0.25, -0.2) is 9.50 Å².